The summed E-state index contributed by atoms with van der Waals surface area (Å²) in [5.74, 6) is 0.554. The predicted octanol–water partition coefficient (Wildman–Crippen LogP) is 4.61. The molecule has 0 aliphatic carbocycles. The molecule has 1 aliphatic heterocycles. The van der Waals surface area contributed by atoms with Gasteiger partial charge in [-0.15, -0.1) is 0 Å². The number of hydrogen-bond acceptors (Lipinski definition) is 1. The van der Waals surface area contributed by atoms with Gasteiger partial charge in [-0.25, -0.2) is 0 Å². The first-order chi connectivity index (χ1) is 8.61. The van der Waals surface area contributed by atoms with E-state index in [-0.39, 0.29) is 0 Å². The molecular formula is C17H23N. The van der Waals surface area contributed by atoms with E-state index in [0.717, 1.165) is 6.54 Å². The molecule has 0 aromatic heterocycles. The van der Waals surface area contributed by atoms with Crippen molar-refractivity contribution in [3.05, 3.63) is 47.6 Å². The molecule has 1 aromatic rings. The fourth-order valence-electron chi connectivity index (χ4n) is 2.48. The van der Waals surface area contributed by atoms with Gasteiger partial charge < -0.3 is 4.90 Å². The summed E-state index contributed by atoms with van der Waals surface area (Å²) in [6.45, 7) is 10.1. The third-order valence-electron chi connectivity index (χ3n) is 3.46. The first kappa shape index (κ1) is 12.9. The molecule has 0 saturated carbocycles. The Kier molecular flexibility index (Phi) is 3.90. The van der Waals surface area contributed by atoms with Crippen LogP contribution in [0.4, 0.5) is 5.69 Å². The van der Waals surface area contributed by atoms with Gasteiger partial charge in [0.05, 0.1) is 0 Å². The Morgan fingerprint density at radius 3 is 2.50 bits per heavy atom. The van der Waals surface area contributed by atoms with Crippen LogP contribution >= 0.6 is 0 Å². The molecule has 96 valence electrons. The lowest BCUT2D eigenvalue weighted by atomic mass is 9.95. The highest BCUT2D eigenvalue weighted by Gasteiger charge is 2.18. The quantitative estimate of drug-likeness (QED) is 0.731. The van der Waals surface area contributed by atoms with Crippen LogP contribution in [-0.4, -0.2) is 12.6 Å². The van der Waals surface area contributed by atoms with Crippen molar-refractivity contribution in [2.75, 3.05) is 11.4 Å². The summed E-state index contributed by atoms with van der Waals surface area (Å²) in [7, 11) is 0. The van der Waals surface area contributed by atoms with E-state index in [1.54, 1.807) is 0 Å². The highest BCUT2D eigenvalue weighted by atomic mass is 15.2. The third kappa shape index (κ3) is 2.50. The molecule has 2 rings (SSSR count). The molecular weight excluding hydrogens is 218 g/mol. The summed E-state index contributed by atoms with van der Waals surface area (Å²) in [5.41, 5.74) is 4.18. The van der Waals surface area contributed by atoms with E-state index in [4.69, 9.17) is 0 Å². The normalized spacial score (nSPS) is 16.7. The van der Waals surface area contributed by atoms with Crippen LogP contribution in [-0.2, 0) is 0 Å². The van der Waals surface area contributed by atoms with E-state index in [1.807, 2.05) is 0 Å². The molecule has 0 radical (unpaired) electrons. The topological polar surface area (TPSA) is 3.24 Å². The summed E-state index contributed by atoms with van der Waals surface area (Å²) in [6.07, 6.45) is 8.73. The van der Waals surface area contributed by atoms with Crippen LogP contribution in [0.25, 0.3) is 6.08 Å². The Morgan fingerprint density at radius 2 is 1.83 bits per heavy atom. The molecule has 1 heteroatoms. The zero-order valence-corrected chi connectivity index (χ0v) is 11.9. The minimum Gasteiger partial charge on any atom is -0.365 e. The second kappa shape index (κ2) is 5.43. The molecule has 0 atom stereocenters. The minimum atomic E-state index is 0.514. The van der Waals surface area contributed by atoms with Crippen molar-refractivity contribution in [1.29, 1.82) is 0 Å². The van der Waals surface area contributed by atoms with E-state index < -0.39 is 0 Å². The maximum absolute atomic E-state index is 2.49. The van der Waals surface area contributed by atoms with Crippen LogP contribution in [0.15, 0.2) is 36.4 Å². The van der Waals surface area contributed by atoms with Crippen LogP contribution in [0, 0.1) is 0 Å². The third-order valence-corrected chi connectivity index (χ3v) is 3.46. The lowest BCUT2D eigenvalue weighted by molar-refractivity contribution is 0.711. The van der Waals surface area contributed by atoms with Crippen LogP contribution in [0.5, 0.6) is 0 Å². The molecule has 1 aliphatic rings. The van der Waals surface area contributed by atoms with E-state index in [0.29, 0.717) is 12.0 Å². The summed E-state index contributed by atoms with van der Waals surface area (Å²) in [6, 6.07) is 7.16. The molecule has 18 heavy (non-hydrogen) atoms. The van der Waals surface area contributed by atoms with Gasteiger partial charge in [0.25, 0.3) is 0 Å². The molecule has 1 heterocycles. The molecule has 0 fully saturated rings. The number of para-hydroxylation sites is 1. The average molecular weight is 241 g/mol. The first-order valence-corrected chi connectivity index (χ1v) is 6.84. The van der Waals surface area contributed by atoms with Crippen molar-refractivity contribution in [3.8, 4) is 0 Å². The second-order valence-electron chi connectivity index (χ2n) is 5.47. The zero-order chi connectivity index (χ0) is 13.1. The number of fused-ring (bicyclic) bond motifs is 1. The number of nitrogens with zero attached hydrogens (tertiary/aromatic N) is 1. The maximum atomic E-state index is 2.49. The average Bonchev–Trinajstić information content (AvgIpc) is 2.28. The van der Waals surface area contributed by atoms with E-state index in [9.17, 15) is 0 Å². The second-order valence-corrected chi connectivity index (χ2v) is 5.47. The SMILES string of the molecule is CC(C)c1cccc2c1N(C(C)C)C/C=C\C=C2. The number of hydrogen-bond donors (Lipinski definition) is 0. The maximum Gasteiger partial charge on any atom is 0.0480 e. The van der Waals surface area contributed by atoms with Gasteiger partial charge in [-0.3, -0.25) is 0 Å². The summed E-state index contributed by atoms with van der Waals surface area (Å²) in [5, 5.41) is 0. The lowest BCUT2D eigenvalue weighted by Crippen LogP contribution is -2.32. The Morgan fingerprint density at radius 1 is 1.06 bits per heavy atom. The Bertz CT molecular complexity index is 466. The van der Waals surface area contributed by atoms with Crippen LogP contribution < -0.4 is 4.90 Å². The van der Waals surface area contributed by atoms with Gasteiger partial charge in [0.2, 0.25) is 0 Å². The Hall–Kier alpha value is -1.50. The summed E-state index contributed by atoms with van der Waals surface area (Å²) in [4.78, 5) is 2.49. The monoisotopic (exact) mass is 241 g/mol. The van der Waals surface area contributed by atoms with Crippen molar-refractivity contribution < 1.29 is 0 Å². The van der Waals surface area contributed by atoms with E-state index in [2.05, 4.69) is 75.1 Å². The fraction of sp³-hybridized carbons (Fsp3) is 0.412. The molecule has 0 spiro atoms. The van der Waals surface area contributed by atoms with Crippen LogP contribution in [0.3, 0.4) is 0 Å². The molecule has 0 saturated heterocycles. The van der Waals surface area contributed by atoms with E-state index in [1.165, 1.54) is 16.8 Å². The lowest BCUT2D eigenvalue weighted by Gasteiger charge is -2.33. The number of anilines is 1. The molecule has 1 nitrogen and oxygen atoms in total. The van der Waals surface area contributed by atoms with Gasteiger partial charge in [0.15, 0.2) is 0 Å². The molecule has 0 amide bonds. The van der Waals surface area contributed by atoms with Crippen molar-refractivity contribution >= 4 is 11.8 Å². The standard InChI is InChI=1S/C17H23N/c1-13(2)16-11-8-10-15-9-6-5-7-12-18(14(3)4)17(15)16/h5-11,13-14H,12H2,1-4H3/b7-5-,9-6?. The Balaban J connectivity index is 2.61. The number of benzene rings is 1. The van der Waals surface area contributed by atoms with Gasteiger partial charge in [0.1, 0.15) is 0 Å². The van der Waals surface area contributed by atoms with Crippen LogP contribution in [0.2, 0.25) is 0 Å². The molecule has 0 unspecified atom stereocenters. The number of rotatable bonds is 2. The van der Waals surface area contributed by atoms with Gasteiger partial charge in [0, 0.05) is 18.3 Å². The largest absolute Gasteiger partial charge is 0.365 e. The fourth-order valence-corrected chi connectivity index (χ4v) is 2.48. The van der Waals surface area contributed by atoms with Crippen molar-refractivity contribution in [3.63, 3.8) is 0 Å². The predicted molar refractivity (Wildman–Crippen MR) is 81.2 cm³/mol. The minimum absolute atomic E-state index is 0.514. The molecule has 0 N–H and O–H groups in total. The van der Waals surface area contributed by atoms with Crippen molar-refractivity contribution in [1.82, 2.24) is 0 Å². The van der Waals surface area contributed by atoms with Crippen LogP contribution in [0.1, 0.15) is 44.7 Å². The highest BCUT2D eigenvalue weighted by Crippen LogP contribution is 2.33. The smallest absolute Gasteiger partial charge is 0.0480 e. The van der Waals surface area contributed by atoms with Gasteiger partial charge in [-0.1, -0.05) is 56.4 Å². The van der Waals surface area contributed by atoms with Gasteiger partial charge >= 0.3 is 0 Å². The highest BCUT2D eigenvalue weighted by molar-refractivity contribution is 5.73. The summed E-state index contributed by atoms with van der Waals surface area (Å²) >= 11 is 0. The summed E-state index contributed by atoms with van der Waals surface area (Å²) < 4.78 is 0. The zero-order valence-electron chi connectivity index (χ0n) is 11.9. The van der Waals surface area contributed by atoms with E-state index >= 15 is 0 Å². The van der Waals surface area contributed by atoms with Crippen molar-refractivity contribution in [2.24, 2.45) is 0 Å². The van der Waals surface area contributed by atoms with Gasteiger partial charge in [-0.2, -0.15) is 0 Å². The number of allylic oxidation sites excluding steroid dienone is 2. The van der Waals surface area contributed by atoms with Gasteiger partial charge in [-0.05, 0) is 30.9 Å². The molecule has 1 aromatic carbocycles. The van der Waals surface area contributed by atoms with Crippen molar-refractivity contribution in [2.45, 2.75) is 39.7 Å². The molecule has 0 bridgehead atoms. The Labute approximate surface area is 111 Å². The first-order valence-electron chi connectivity index (χ1n) is 6.84.